The van der Waals surface area contributed by atoms with Crippen molar-refractivity contribution in [2.45, 2.75) is 38.5 Å². The van der Waals surface area contributed by atoms with Gasteiger partial charge in [-0.3, -0.25) is 0 Å². The van der Waals surface area contributed by atoms with Gasteiger partial charge in [0, 0.05) is 23.2 Å². The minimum Gasteiger partial charge on any atom is -0.307 e. The van der Waals surface area contributed by atoms with Crippen molar-refractivity contribution in [1.29, 1.82) is 0 Å². The number of fused-ring (bicyclic) bond motifs is 2. The van der Waals surface area contributed by atoms with Crippen LogP contribution in [-0.2, 0) is 6.42 Å². The molecule has 204 valence electrons. The van der Waals surface area contributed by atoms with E-state index in [1.54, 1.807) is 5.57 Å². The Kier molecular flexibility index (Phi) is 7.21. The lowest BCUT2D eigenvalue weighted by Gasteiger charge is -2.33. The molecule has 0 aromatic heterocycles. The highest BCUT2D eigenvalue weighted by Crippen LogP contribution is 2.38. The Hall–Kier alpha value is -4.80. The Morgan fingerprint density at radius 3 is 2.38 bits per heavy atom. The molecule has 0 amide bonds. The fraction of sp³-hybridized carbons (Fsp3) is 0.171. The number of nitrogens with zero attached hydrogens (tertiary/aromatic N) is 1. The van der Waals surface area contributed by atoms with E-state index in [9.17, 15) is 0 Å². The Balaban J connectivity index is 1.10. The molecule has 42 heavy (non-hydrogen) atoms. The average molecular weight is 542 g/mol. The molecule has 7 rings (SSSR count). The van der Waals surface area contributed by atoms with Crippen LogP contribution in [0.2, 0.25) is 0 Å². The van der Waals surface area contributed by atoms with Crippen LogP contribution < -0.4 is 4.90 Å². The summed E-state index contributed by atoms with van der Waals surface area (Å²) in [6.07, 6.45) is 19.7. The van der Waals surface area contributed by atoms with Crippen LogP contribution in [0.25, 0.3) is 10.8 Å². The first-order valence-corrected chi connectivity index (χ1v) is 15.1. The van der Waals surface area contributed by atoms with Crippen LogP contribution >= 0.6 is 0 Å². The quantitative estimate of drug-likeness (QED) is 0.166. The van der Waals surface area contributed by atoms with Crippen molar-refractivity contribution in [2.24, 2.45) is 5.92 Å². The van der Waals surface area contributed by atoms with Crippen molar-refractivity contribution >= 4 is 16.5 Å². The molecule has 4 aromatic carbocycles. The van der Waals surface area contributed by atoms with Crippen LogP contribution in [0, 0.1) is 5.92 Å². The predicted molar refractivity (Wildman–Crippen MR) is 177 cm³/mol. The molecule has 4 aromatic rings. The number of hydrogen-bond acceptors (Lipinski definition) is 1. The number of benzene rings is 4. The van der Waals surface area contributed by atoms with Gasteiger partial charge in [-0.15, -0.1) is 0 Å². The maximum absolute atomic E-state index is 3.35. The van der Waals surface area contributed by atoms with Gasteiger partial charge in [-0.05, 0) is 94.8 Å². The first-order valence-electron chi connectivity index (χ1n) is 15.1. The van der Waals surface area contributed by atoms with Gasteiger partial charge in [-0.1, -0.05) is 121 Å². The van der Waals surface area contributed by atoms with Crippen LogP contribution in [0.4, 0.5) is 5.69 Å². The van der Waals surface area contributed by atoms with E-state index in [0.717, 1.165) is 30.6 Å². The molecule has 3 aliphatic rings. The molecule has 1 heteroatoms. The molecular weight excluding hydrogens is 506 g/mol. The smallest absolute Gasteiger partial charge is 0.0970 e. The molecule has 0 fully saturated rings. The third kappa shape index (κ3) is 5.41. The summed E-state index contributed by atoms with van der Waals surface area (Å²) in [4.78, 5) is 2.35. The second-order valence-corrected chi connectivity index (χ2v) is 11.6. The van der Waals surface area contributed by atoms with Crippen molar-refractivity contribution in [3.8, 4) is 0 Å². The molecule has 0 N–H and O–H groups in total. The summed E-state index contributed by atoms with van der Waals surface area (Å²) < 4.78 is 0. The van der Waals surface area contributed by atoms with Gasteiger partial charge in [-0.25, -0.2) is 0 Å². The van der Waals surface area contributed by atoms with Crippen molar-refractivity contribution in [3.63, 3.8) is 0 Å². The maximum atomic E-state index is 3.35. The van der Waals surface area contributed by atoms with Gasteiger partial charge in [0.15, 0.2) is 0 Å². The van der Waals surface area contributed by atoms with Gasteiger partial charge in [-0.2, -0.15) is 0 Å². The third-order valence-corrected chi connectivity index (χ3v) is 8.88. The zero-order valence-electron chi connectivity index (χ0n) is 24.1. The minimum absolute atomic E-state index is 0.311. The average Bonchev–Trinajstić information content (AvgIpc) is 3.06. The maximum Gasteiger partial charge on any atom is 0.0970 e. The van der Waals surface area contributed by atoms with Crippen molar-refractivity contribution in [1.82, 2.24) is 0 Å². The van der Waals surface area contributed by atoms with Gasteiger partial charge in [0.2, 0.25) is 0 Å². The molecule has 0 bridgehead atoms. The first-order chi connectivity index (χ1) is 20.7. The molecule has 0 saturated heterocycles. The summed E-state index contributed by atoms with van der Waals surface area (Å²) in [5.41, 5.74) is 16.9. The molecule has 1 nitrogen and oxygen atoms in total. The highest BCUT2D eigenvalue weighted by molar-refractivity contribution is 5.83. The summed E-state index contributed by atoms with van der Waals surface area (Å²) in [5.74, 6) is 0.808. The van der Waals surface area contributed by atoms with Gasteiger partial charge in [0.1, 0.15) is 0 Å². The van der Waals surface area contributed by atoms with Crippen molar-refractivity contribution in [2.75, 3.05) is 4.90 Å². The van der Waals surface area contributed by atoms with E-state index < -0.39 is 0 Å². The van der Waals surface area contributed by atoms with E-state index in [1.165, 1.54) is 45.1 Å². The monoisotopic (exact) mass is 541 g/mol. The van der Waals surface area contributed by atoms with E-state index in [2.05, 4.69) is 145 Å². The molecule has 3 aliphatic carbocycles. The number of allylic oxidation sites excluding steroid dienone is 9. The second-order valence-electron chi connectivity index (χ2n) is 11.6. The van der Waals surface area contributed by atoms with E-state index in [0.29, 0.717) is 11.8 Å². The van der Waals surface area contributed by atoms with Crippen molar-refractivity contribution in [3.05, 3.63) is 184 Å². The van der Waals surface area contributed by atoms with Crippen LogP contribution in [0.1, 0.15) is 54.4 Å². The summed E-state index contributed by atoms with van der Waals surface area (Å²) in [6, 6.07) is 33.6. The zero-order valence-corrected chi connectivity index (χ0v) is 24.1. The van der Waals surface area contributed by atoms with Crippen LogP contribution in [0.3, 0.4) is 0 Å². The summed E-state index contributed by atoms with van der Waals surface area (Å²) in [5, 5.41) is 2.60. The lowest BCUT2D eigenvalue weighted by molar-refractivity contribution is 0.655. The molecule has 0 spiro atoms. The highest BCUT2D eigenvalue weighted by atomic mass is 15.2. The molecule has 0 heterocycles. The Morgan fingerprint density at radius 1 is 0.833 bits per heavy atom. The Labute approximate surface area is 249 Å². The van der Waals surface area contributed by atoms with E-state index >= 15 is 0 Å². The number of anilines is 1. The fourth-order valence-electron chi connectivity index (χ4n) is 6.44. The van der Waals surface area contributed by atoms with E-state index in [1.807, 2.05) is 12.2 Å². The lowest BCUT2D eigenvalue weighted by atomic mass is 9.83. The standard InChI is InChI=1S/C41H35N/c1-30(33-18-15-31(16-19-33)27-32-17-20-35-9-5-7-11-37(35)28-32)34-21-24-40(25-22-34)42(39-13-3-2-4-14-39)41-26-23-36-10-6-8-12-38(36)29-41/h2-3,5,7-9,11-13,15-26,28,30,38H,6,10,27,29H2,1H3. The normalized spacial score (nSPS) is 17.8. The van der Waals surface area contributed by atoms with Crippen molar-refractivity contribution < 1.29 is 0 Å². The second kappa shape index (κ2) is 11.6. The number of hydrogen-bond donors (Lipinski definition) is 0. The predicted octanol–water partition coefficient (Wildman–Crippen LogP) is 10.3. The topological polar surface area (TPSA) is 3.24 Å². The SMILES string of the molecule is CC(c1ccc(Cc2ccc3ccccc3c2)cc1)c1ccc(N(C2=C=C=CC=C2)C2=CC=C3CCC=CC3C2)cc1. The minimum atomic E-state index is 0.311. The molecule has 2 unspecified atom stereocenters. The molecule has 0 saturated carbocycles. The van der Waals surface area contributed by atoms with Crippen LogP contribution in [0.15, 0.2) is 162 Å². The fourth-order valence-corrected chi connectivity index (χ4v) is 6.44. The van der Waals surface area contributed by atoms with Crippen LogP contribution in [-0.4, -0.2) is 0 Å². The zero-order chi connectivity index (χ0) is 28.3. The van der Waals surface area contributed by atoms with E-state index in [-0.39, 0.29) is 0 Å². The van der Waals surface area contributed by atoms with Crippen LogP contribution in [0.5, 0.6) is 0 Å². The largest absolute Gasteiger partial charge is 0.307 e. The molecule has 0 radical (unpaired) electrons. The number of rotatable bonds is 7. The van der Waals surface area contributed by atoms with Gasteiger partial charge in [0.05, 0.1) is 5.70 Å². The molecule has 2 atom stereocenters. The molecular formula is C41H35N. The molecule has 0 aliphatic heterocycles. The first kappa shape index (κ1) is 26.1. The van der Waals surface area contributed by atoms with E-state index in [4.69, 9.17) is 0 Å². The summed E-state index contributed by atoms with van der Waals surface area (Å²) in [6.45, 7) is 2.30. The van der Waals surface area contributed by atoms with Gasteiger partial charge < -0.3 is 4.90 Å². The summed E-state index contributed by atoms with van der Waals surface area (Å²) >= 11 is 0. The Bertz CT molecular complexity index is 1850. The Morgan fingerprint density at radius 2 is 1.60 bits per heavy atom. The third-order valence-electron chi connectivity index (χ3n) is 8.88. The highest BCUT2D eigenvalue weighted by Gasteiger charge is 2.24. The lowest BCUT2D eigenvalue weighted by Crippen LogP contribution is -2.25. The summed E-state index contributed by atoms with van der Waals surface area (Å²) in [7, 11) is 0. The van der Waals surface area contributed by atoms with Gasteiger partial charge in [0.25, 0.3) is 0 Å². The van der Waals surface area contributed by atoms with Gasteiger partial charge >= 0.3 is 0 Å².